The standard InChI is InChI=1S/C37H64N2O6/c40-34(21-13-9-5-1-3-7-11-17-27-42-36-23-15-19-29-44-36)38-32-25-26-33(31-32)39-35(41)22-14-10-6-2-4-8-12-18-28-43-37-24-16-20-30-45-37/h13-14,21-22,32-33,36-37H,1-12,15-20,23-31H2,(H,38,40)(H,39,41). The van der Waals surface area contributed by atoms with E-state index in [-0.39, 0.29) is 36.5 Å². The Balaban J connectivity index is 1.06. The number of rotatable bonds is 24. The highest BCUT2D eigenvalue weighted by molar-refractivity contribution is 5.88. The van der Waals surface area contributed by atoms with Gasteiger partial charge in [0.05, 0.1) is 0 Å². The highest BCUT2D eigenvalue weighted by atomic mass is 16.7. The number of hydrogen-bond donors (Lipinski definition) is 2. The van der Waals surface area contributed by atoms with Crippen LogP contribution in [-0.2, 0) is 28.5 Å². The van der Waals surface area contributed by atoms with Crippen LogP contribution in [0.2, 0.25) is 0 Å². The van der Waals surface area contributed by atoms with Crippen molar-refractivity contribution in [3.05, 3.63) is 24.3 Å². The summed E-state index contributed by atoms with van der Waals surface area (Å²) in [4.78, 5) is 24.7. The van der Waals surface area contributed by atoms with Crippen LogP contribution in [0, 0.1) is 0 Å². The van der Waals surface area contributed by atoms with Gasteiger partial charge in [0.25, 0.3) is 0 Å². The summed E-state index contributed by atoms with van der Waals surface area (Å²) in [7, 11) is 0. The summed E-state index contributed by atoms with van der Waals surface area (Å²) in [6.07, 6.45) is 33.0. The molecule has 0 radical (unpaired) electrons. The number of hydrogen-bond acceptors (Lipinski definition) is 6. The van der Waals surface area contributed by atoms with Crippen molar-refractivity contribution in [3.8, 4) is 0 Å². The Morgan fingerprint density at radius 3 is 1.40 bits per heavy atom. The number of amides is 2. The molecule has 45 heavy (non-hydrogen) atoms. The van der Waals surface area contributed by atoms with Gasteiger partial charge in [-0.3, -0.25) is 9.59 Å². The molecule has 0 bridgehead atoms. The molecule has 3 fully saturated rings. The number of carbonyl (C=O) groups excluding carboxylic acids is 2. The van der Waals surface area contributed by atoms with Gasteiger partial charge in [-0.05, 0) is 108 Å². The van der Waals surface area contributed by atoms with Crippen molar-refractivity contribution in [3.63, 3.8) is 0 Å². The van der Waals surface area contributed by atoms with E-state index in [2.05, 4.69) is 10.6 Å². The fourth-order valence-corrected chi connectivity index (χ4v) is 6.38. The summed E-state index contributed by atoms with van der Waals surface area (Å²) in [5.74, 6) is -0.0348. The normalized spacial score (nSPS) is 24.0. The van der Waals surface area contributed by atoms with Crippen molar-refractivity contribution in [2.45, 2.75) is 172 Å². The summed E-state index contributed by atoms with van der Waals surface area (Å²) < 4.78 is 22.8. The fourth-order valence-electron chi connectivity index (χ4n) is 6.38. The lowest BCUT2D eigenvalue weighted by Gasteiger charge is -2.22. The Morgan fingerprint density at radius 1 is 0.556 bits per heavy atom. The molecule has 3 aliphatic rings. The second-order valence-electron chi connectivity index (χ2n) is 13.2. The number of carbonyl (C=O) groups is 2. The molecule has 2 saturated heterocycles. The minimum absolute atomic E-state index is 0.0174. The zero-order chi connectivity index (χ0) is 31.6. The van der Waals surface area contributed by atoms with Gasteiger partial charge >= 0.3 is 0 Å². The molecule has 1 saturated carbocycles. The van der Waals surface area contributed by atoms with Gasteiger partial charge in [0, 0.05) is 38.5 Å². The van der Waals surface area contributed by atoms with Gasteiger partial charge in [-0.2, -0.15) is 0 Å². The molecule has 4 atom stereocenters. The minimum atomic E-state index is -0.0174. The van der Waals surface area contributed by atoms with Crippen LogP contribution in [0.4, 0.5) is 0 Å². The Kier molecular flexibility index (Phi) is 21.3. The maximum absolute atomic E-state index is 12.3. The molecule has 8 heteroatoms. The van der Waals surface area contributed by atoms with Crippen molar-refractivity contribution < 1.29 is 28.5 Å². The predicted octanol–water partition coefficient (Wildman–Crippen LogP) is 7.80. The van der Waals surface area contributed by atoms with Crippen molar-refractivity contribution in [2.24, 2.45) is 0 Å². The maximum atomic E-state index is 12.3. The Hall–Kier alpha value is -1.74. The first kappa shape index (κ1) is 37.7. The molecule has 2 N–H and O–H groups in total. The number of ether oxygens (including phenoxy) is 4. The molecule has 1 aliphatic carbocycles. The lowest BCUT2D eigenvalue weighted by atomic mass is 10.1. The Bertz CT molecular complexity index is 756. The van der Waals surface area contributed by atoms with Crippen LogP contribution < -0.4 is 10.6 Å². The predicted molar refractivity (Wildman–Crippen MR) is 180 cm³/mol. The molecular weight excluding hydrogens is 568 g/mol. The molecule has 0 spiro atoms. The first-order valence-corrected chi connectivity index (χ1v) is 18.6. The molecule has 4 unspecified atom stereocenters. The third kappa shape index (κ3) is 19.5. The SMILES string of the molecule is O=C(C=CCCCCCCCCOC1CCCCO1)NC1CCC(NC(=O)C=CCCCCCCCCOC2CCCCO2)C1. The van der Waals surface area contributed by atoms with E-state index < -0.39 is 0 Å². The van der Waals surface area contributed by atoms with Crippen LogP contribution >= 0.6 is 0 Å². The van der Waals surface area contributed by atoms with E-state index in [9.17, 15) is 9.59 Å². The van der Waals surface area contributed by atoms with Crippen molar-refractivity contribution in [2.75, 3.05) is 26.4 Å². The van der Waals surface area contributed by atoms with Gasteiger partial charge < -0.3 is 29.6 Å². The zero-order valence-corrected chi connectivity index (χ0v) is 28.2. The van der Waals surface area contributed by atoms with Gasteiger partial charge in [0.1, 0.15) is 0 Å². The average Bonchev–Trinajstić information content (AvgIpc) is 3.49. The molecule has 0 aromatic heterocycles. The van der Waals surface area contributed by atoms with Gasteiger partial charge in [-0.15, -0.1) is 0 Å². The second-order valence-corrected chi connectivity index (χ2v) is 13.2. The Morgan fingerprint density at radius 2 is 0.978 bits per heavy atom. The lowest BCUT2D eigenvalue weighted by molar-refractivity contribution is -0.163. The molecular formula is C37H64N2O6. The Labute approximate surface area is 273 Å². The highest BCUT2D eigenvalue weighted by Crippen LogP contribution is 2.20. The van der Waals surface area contributed by atoms with E-state index in [4.69, 9.17) is 18.9 Å². The van der Waals surface area contributed by atoms with E-state index in [1.165, 1.54) is 64.2 Å². The molecule has 8 nitrogen and oxygen atoms in total. The van der Waals surface area contributed by atoms with Crippen molar-refractivity contribution in [1.82, 2.24) is 10.6 Å². The molecule has 2 amide bonds. The highest BCUT2D eigenvalue weighted by Gasteiger charge is 2.26. The smallest absolute Gasteiger partial charge is 0.243 e. The molecule has 0 aromatic carbocycles. The molecule has 2 aliphatic heterocycles. The van der Waals surface area contributed by atoms with Crippen LogP contribution in [0.25, 0.3) is 0 Å². The summed E-state index contributed by atoms with van der Waals surface area (Å²) in [5.41, 5.74) is 0. The summed E-state index contributed by atoms with van der Waals surface area (Å²) >= 11 is 0. The van der Waals surface area contributed by atoms with Crippen LogP contribution in [0.1, 0.15) is 148 Å². The van der Waals surface area contributed by atoms with E-state index >= 15 is 0 Å². The second kappa shape index (κ2) is 25.4. The van der Waals surface area contributed by atoms with E-state index in [0.29, 0.717) is 0 Å². The van der Waals surface area contributed by atoms with Gasteiger partial charge in [-0.1, -0.05) is 63.5 Å². The van der Waals surface area contributed by atoms with Crippen molar-refractivity contribution in [1.29, 1.82) is 0 Å². The third-order valence-corrected chi connectivity index (χ3v) is 9.08. The van der Waals surface area contributed by atoms with Crippen LogP contribution in [-0.4, -0.2) is 62.9 Å². The quantitative estimate of drug-likeness (QED) is 0.0833. The zero-order valence-electron chi connectivity index (χ0n) is 28.2. The number of allylic oxidation sites excluding steroid dienone is 2. The van der Waals surface area contributed by atoms with Crippen LogP contribution in [0.15, 0.2) is 24.3 Å². The van der Waals surface area contributed by atoms with Crippen LogP contribution in [0.5, 0.6) is 0 Å². The summed E-state index contributed by atoms with van der Waals surface area (Å²) in [6.45, 7) is 3.30. The third-order valence-electron chi connectivity index (χ3n) is 9.08. The van der Waals surface area contributed by atoms with Gasteiger partial charge in [0.15, 0.2) is 12.6 Å². The van der Waals surface area contributed by atoms with Gasteiger partial charge in [-0.25, -0.2) is 0 Å². The van der Waals surface area contributed by atoms with Gasteiger partial charge in [0.2, 0.25) is 11.8 Å². The average molecular weight is 633 g/mol. The van der Waals surface area contributed by atoms with Crippen molar-refractivity contribution >= 4 is 11.8 Å². The lowest BCUT2D eigenvalue weighted by Crippen LogP contribution is -2.36. The largest absolute Gasteiger partial charge is 0.353 e. The fraction of sp³-hybridized carbons (Fsp3) is 0.838. The monoisotopic (exact) mass is 632 g/mol. The molecule has 258 valence electrons. The van der Waals surface area contributed by atoms with E-state index in [1.807, 2.05) is 12.2 Å². The summed E-state index contributed by atoms with van der Waals surface area (Å²) in [6, 6.07) is 0.273. The maximum Gasteiger partial charge on any atom is 0.243 e. The van der Waals surface area contributed by atoms with E-state index in [0.717, 1.165) is 110 Å². The first-order chi connectivity index (χ1) is 22.2. The number of unbranched alkanes of at least 4 members (excludes halogenated alkanes) is 12. The molecule has 0 aromatic rings. The topological polar surface area (TPSA) is 95.1 Å². The molecule has 2 heterocycles. The number of nitrogens with one attached hydrogen (secondary N) is 2. The first-order valence-electron chi connectivity index (χ1n) is 18.6. The minimum Gasteiger partial charge on any atom is -0.353 e. The van der Waals surface area contributed by atoms with E-state index in [1.54, 1.807) is 12.2 Å². The summed E-state index contributed by atoms with van der Waals surface area (Å²) in [5, 5.41) is 6.22. The van der Waals surface area contributed by atoms with Crippen LogP contribution in [0.3, 0.4) is 0 Å². The molecule has 3 rings (SSSR count).